The van der Waals surface area contributed by atoms with Crippen molar-refractivity contribution in [3.05, 3.63) is 52.3 Å². The van der Waals surface area contributed by atoms with Crippen LogP contribution in [0.4, 0.5) is 0 Å². The molecule has 2 rings (SSSR count). The van der Waals surface area contributed by atoms with Gasteiger partial charge in [-0.05, 0) is 60.5 Å². The number of ether oxygens (including phenoxy) is 1. The smallest absolute Gasteiger partial charge is 0.270 e. The fourth-order valence-corrected chi connectivity index (χ4v) is 2.88. The van der Waals surface area contributed by atoms with Crippen LogP contribution in [-0.4, -0.2) is 29.0 Å². The minimum Gasteiger partial charge on any atom is -0.494 e. The van der Waals surface area contributed by atoms with Crippen LogP contribution in [0, 0.1) is 0 Å². The Bertz CT molecular complexity index is 662. The highest BCUT2D eigenvalue weighted by molar-refractivity contribution is 9.10. The molecule has 2 aromatic rings. The minimum atomic E-state index is 0.0123. The number of carbonyl (C=O) groups is 1. The van der Waals surface area contributed by atoms with E-state index >= 15 is 0 Å². The summed E-state index contributed by atoms with van der Waals surface area (Å²) >= 11 is 3.45. The average Bonchev–Trinajstić information content (AvgIpc) is 2.91. The Morgan fingerprint density at radius 1 is 1.30 bits per heavy atom. The van der Waals surface area contributed by atoms with Crippen molar-refractivity contribution in [3.63, 3.8) is 0 Å². The van der Waals surface area contributed by atoms with Gasteiger partial charge < -0.3 is 14.2 Å². The van der Waals surface area contributed by atoms with Crippen molar-refractivity contribution in [1.82, 2.24) is 9.47 Å². The number of nitrogens with zero attached hydrogens (tertiary/aromatic N) is 2. The monoisotopic (exact) mass is 378 g/mol. The largest absolute Gasteiger partial charge is 0.494 e. The molecule has 5 heteroatoms. The second-order valence-corrected chi connectivity index (χ2v) is 6.70. The van der Waals surface area contributed by atoms with E-state index in [-0.39, 0.29) is 11.9 Å². The summed E-state index contributed by atoms with van der Waals surface area (Å²) in [7, 11) is 1.82. The van der Waals surface area contributed by atoms with Crippen LogP contribution in [-0.2, 0) is 6.54 Å². The van der Waals surface area contributed by atoms with Gasteiger partial charge in [-0.3, -0.25) is 4.79 Å². The van der Waals surface area contributed by atoms with E-state index in [0.717, 1.165) is 15.8 Å². The molecule has 0 fully saturated rings. The van der Waals surface area contributed by atoms with Gasteiger partial charge in [0.2, 0.25) is 0 Å². The Balaban J connectivity index is 2.11. The molecule has 0 radical (unpaired) electrons. The molecule has 124 valence electrons. The van der Waals surface area contributed by atoms with Gasteiger partial charge in [0.1, 0.15) is 11.4 Å². The van der Waals surface area contributed by atoms with Crippen LogP contribution in [0.15, 0.2) is 41.0 Å². The lowest BCUT2D eigenvalue weighted by Crippen LogP contribution is -2.28. The standard InChI is InChI=1S/C18H23BrN2O2/c1-5-23-16-8-6-14(7-9-16)11-20(4)18(22)17-10-15(19)12-21(17)13(2)3/h6-10,12-13H,5,11H2,1-4H3. The van der Waals surface area contributed by atoms with E-state index in [2.05, 4.69) is 29.8 Å². The van der Waals surface area contributed by atoms with Crippen LogP contribution >= 0.6 is 15.9 Å². The topological polar surface area (TPSA) is 34.5 Å². The van der Waals surface area contributed by atoms with Gasteiger partial charge in [-0.2, -0.15) is 0 Å². The Kier molecular flexibility index (Phi) is 5.88. The highest BCUT2D eigenvalue weighted by Crippen LogP contribution is 2.21. The van der Waals surface area contributed by atoms with E-state index in [0.29, 0.717) is 18.8 Å². The quantitative estimate of drug-likeness (QED) is 0.741. The number of aromatic nitrogens is 1. The van der Waals surface area contributed by atoms with Gasteiger partial charge >= 0.3 is 0 Å². The van der Waals surface area contributed by atoms with E-state index < -0.39 is 0 Å². The summed E-state index contributed by atoms with van der Waals surface area (Å²) < 4.78 is 8.35. The summed E-state index contributed by atoms with van der Waals surface area (Å²) in [5.41, 5.74) is 1.77. The molecule has 1 aromatic heterocycles. The zero-order valence-electron chi connectivity index (χ0n) is 14.0. The molecule has 0 saturated heterocycles. The van der Waals surface area contributed by atoms with Gasteiger partial charge in [-0.25, -0.2) is 0 Å². The van der Waals surface area contributed by atoms with E-state index in [1.54, 1.807) is 4.90 Å². The summed E-state index contributed by atoms with van der Waals surface area (Å²) in [6.07, 6.45) is 1.95. The zero-order chi connectivity index (χ0) is 17.0. The normalized spacial score (nSPS) is 10.9. The summed E-state index contributed by atoms with van der Waals surface area (Å²) in [4.78, 5) is 14.4. The van der Waals surface area contributed by atoms with Gasteiger partial charge in [-0.15, -0.1) is 0 Å². The fourth-order valence-electron chi connectivity index (χ4n) is 2.44. The molecule has 0 bridgehead atoms. The van der Waals surface area contributed by atoms with E-state index in [9.17, 15) is 4.79 Å². The van der Waals surface area contributed by atoms with Crippen LogP contribution < -0.4 is 4.74 Å². The van der Waals surface area contributed by atoms with Crippen LogP contribution in [0.25, 0.3) is 0 Å². The average molecular weight is 379 g/mol. The molecule has 0 N–H and O–H groups in total. The molecule has 0 aliphatic heterocycles. The Labute approximate surface area is 146 Å². The van der Waals surface area contributed by atoms with Crippen LogP contribution in [0.5, 0.6) is 5.75 Å². The number of hydrogen-bond donors (Lipinski definition) is 0. The van der Waals surface area contributed by atoms with Crippen molar-refractivity contribution in [3.8, 4) is 5.75 Å². The first-order valence-electron chi connectivity index (χ1n) is 7.77. The van der Waals surface area contributed by atoms with Gasteiger partial charge in [0, 0.05) is 30.3 Å². The van der Waals surface area contributed by atoms with Gasteiger partial charge in [0.25, 0.3) is 5.91 Å². The lowest BCUT2D eigenvalue weighted by Gasteiger charge is -2.20. The van der Waals surface area contributed by atoms with E-state index in [4.69, 9.17) is 4.74 Å². The van der Waals surface area contributed by atoms with E-state index in [1.165, 1.54) is 0 Å². The maximum Gasteiger partial charge on any atom is 0.270 e. The second kappa shape index (κ2) is 7.68. The van der Waals surface area contributed by atoms with Crippen LogP contribution in [0.1, 0.15) is 42.9 Å². The van der Waals surface area contributed by atoms with Crippen LogP contribution in [0.3, 0.4) is 0 Å². The summed E-state index contributed by atoms with van der Waals surface area (Å²) in [5.74, 6) is 0.862. The first kappa shape index (κ1) is 17.6. The van der Waals surface area contributed by atoms with Crippen molar-refractivity contribution < 1.29 is 9.53 Å². The molecule has 1 amide bonds. The minimum absolute atomic E-state index is 0.0123. The molecule has 0 unspecified atom stereocenters. The molecular weight excluding hydrogens is 356 g/mol. The molecule has 1 aromatic carbocycles. The third-order valence-corrected chi connectivity index (χ3v) is 4.03. The number of amides is 1. The Morgan fingerprint density at radius 3 is 2.52 bits per heavy atom. The van der Waals surface area contributed by atoms with Crippen molar-refractivity contribution in [2.45, 2.75) is 33.4 Å². The molecule has 0 aliphatic carbocycles. The third kappa shape index (κ3) is 4.38. The molecule has 4 nitrogen and oxygen atoms in total. The molecular formula is C18H23BrN2O2. The molecule has 0 spiro atoms. The fraction of sp³-hybridized carbons (Fsp3) is 0.389. The third-order valence-electron chi connectivity index (χ3n) is 3.59. The molecule has 23 heavy (non-hydrogen) atoms. The van der Waals surface area contributed by atoms with Crippen molar-refractivity contribution >= 4 is 21.8 Å². The van der Waals surface area contributed by atoms with Gasteiger partial charge in [0.05, 0.1) is 6.61 Å². The van der Waals surface area contributed by atoms with Gasteiger partial charge in [0.15, 0.2) is 0 Å². The predicted molar refractivity (Wildman–Crippen MR) is 95.9 cm³/mol. The number of halogens is 1. The highest BCUT2D eigenvalue weighted by atomic mass is 79.9. The van der Waals surface area contributed by atoms with E-state index in [1.807, 2.05) is 55.1 Å². The first-order valence-corrected chi connectivity index (χ1v) is 8.56. The zero-order valence-corrected chi connectivity index (χ0v) is 15.6. The predicted octanol–water partition coefficient (Wildman–Crippen LogP) is 4.50. The molecule has 0 aliphatic rings. The van der Waals surface area contributed by atoms with Crippen LogP contribution in [0.2, 0.25) is 0 Å². The van der Waals surface area contributed by atoms with Crippen molar-refractivity contribution in [1.29, 1.82) is 0 Å². The molecule has 0 saturated carbocycles. The second-order valence-electron chi connectivity index (χ2n) is 5.78. The lowest BCUT2D eigenvalue weighted by atomic mass is 10.2. The Morgan fingerprint density at radius 2 is 1.96 bits per heavy atom. The van der Waals surface area contributed by atoms with Crippen molar-refractivity contribution in [2.75, 3.05) is 13.7 Å². The number of hydrogen-bond acceptors (Lipinski definition) is 2. The number of benzene rings is 1. The summed E-state index contributed by atoms with van der Waals surface area (Å²) in [5, 5.41) is 0. The maximum absolute atomic E-state index is 12.7. The van der Waals surface area contributed by atoms with Gasteiger partial charge in [-0.1, -0.05) is 12.1 Å². The maximum atomic E-state index is 12.7. The molecule has 1 heterocycles. The number of carbonyl (C=O) groups excluding carboxylic acids is 1. The molecule has 0 atom stereocenters. The van der Waals surface area contributed by atoms with Crippen molar-refractivity contribution in [2.24, 2.45) is 0 Å². The Hall–Kier alpha value is -1.75. The first-order chi connectivity index (χ1) is 10.9. The lowest BCUT2D eigenvalue weighted by molar-refractivity contribution is 0.0772. The highest BCUT2D eigenvalue weighted by Gasteiger charge is 2.18. The summed E-state index contributed by atoms with van der Waals surface area (Å²) in [6, 6.07) is 9.96. The summed E-state index contributed by atoms with van der Waals surface area (Å²) in [6.45, 7) is 7.30. The SMILES string of the molecule is CCOc1ccc(CN(C)C(=O)c2cc(Br)cn2C(C)C)cc1. The number of rotatable bonds is 6.